The van der Waals surface area contributed by atoms with Gasteiger partial charge < -0.3 is 10.1 Å². The molecule has 3 nitrogen and oxygen atoms in total. The van der Waals surface area contributed by atoms with Crippen LogP contribution < -0.4 is 5.32 Å². The number of methoxy groups -OCH3 is 1. The fourth-order valence-electron chi connectivity index (χ4n) is 1.16. The summed E-state index contributed by atoms with van der Waals surface area (Å²) in [6.07, 6.45) is 2.98. The fraction of sp³-hybridized carbons (Fsp3) is 0.250. The van der Waals surface area contributed by atoms with Crippen molar-refractivity contribution in [3.05, 3.63) is 39.9 Å². The van der Waals surface area contributed by atoms with Crippen molar-refractivity contribution < 1.29 is 9.53 Å². The van der Waals surface area contributed by atoms with Gasteiger partial charge in [0.25, 0.3) is 0 Å². The van der Waals surface area contributed by atoms with Gasteiger partial charge in [-0.1, -0.05) is 29.3 Å². The van der Waals surface area contributed by atoms with Gasteiger partial charge in [-0.15, -0.1) is 0 Å². The SMILES string of the molecule is COCCNC(=O)C=Cc1c(Cl)cccc1Cl. The molecule has 0 saturated heterocycles. The molecule has 17 heavy (non-hydrogen) atoms. The largest absolute Gasteiger partial charge is 0.383 e. The van der Waals surface area contributed by atoms with Gasteiger partial charge in [-0.3, -0.25) is 4.79 Å². The van der Waals surface area contributed by atoms with Gasteiger partial charge in [0.05, 0.1) is 6.61 Å². The Morgan fingerprint density at radius 1 is 1.41 bits per heavy atom. The van der Waals surface area contributed by atoms with Crippen molar-refractivity contribution in [1.29, 1.82) is 0 Å². The Hall–Kier alpha value is -1.03. The Balaban J connectivity index is 2.61. The Morgan fingerprint density at radius 2 is 2.06 bits per heavy atom. The van der Waals surface area contributed by atoms with Gasteiger partial charge in [0.15, 0.2) is 0 Å². The Labute approximate surface area is 110 Å². The molecule has 0 saturated carbocycles. The molecule has 1 rings (SSSR count). The van der Waals surface area contributed by atoms with Crippen molar-refractivity contribution in [3.63, 3.8) is 0 Å². The third-order valence-electron chi connectivity index (χ3n) is 2.01. The fourth-order valence-corrected chi connectivity index (χ4v) is 1.69. The van der Waals surface area contributed by atoms with Crippen LogP contribution in [-0.2, 0) is 9.53 Å². The van der Waals surface area contributed by atoms with Gasteiger partial charge >= 0.3 is 0 Å². The molecule has 0 heterocycles. The zero-order valence-electron chi connectivity index (χ0n) is 9.37. The summed E-state index contributed by atoms with van der Waals surface area (Å²) in [5, 5.41) is 3.68. The molecule has 0 fully saturated rings. The molecule has 0 aliphatic heterocycles. The molecule has 1 aromatic carbocycles. The van der Waals surface area contributed by atoms with Crippen LogP contribution in [0.1, 0.15) is 5.56 Å². The Kier molecular flexibility index (Phi) is 6.05. The van der Waals surface area contributed by atoms with Crippen LogP contribution in [0.2, 0.25) is 10.0 Å². The third kappa shape index (κ3) is 4.77. The van der Waals surface area contributed by atoms with Crippen LogP contribution in [0, 0.1) is 0 Å². The lowest BCUT2D eigenvalue weighted by molar-refractivity contribution is -0.116. The molecule has 92 valence electrons. The number of nitrogens with one attached hydrogen (secondary N) is 1. The molecule has 5 heteroatoms. The maximum atomic E-state index is 11.4. The molecule has 1 N–H and O–H groups in total. The van der Waals surface area contributed by atoms with Crippen LogP contribution in [-0.4, -0.2) is 26.2 Å². The van der Waals surface area contributed by atoms with E-state index < -0.39 is 0 Å². The molecular formula is C12H13Cl2NO2. The molecular weight excluding hydrogens is 261 g/mol. The van der Waals surface area contributed by atoms with Gasteiger partial charge in [0, 0.05) is 35.3 Å². The average molecular weight is 274 g/mol. The number of hydrogen-bond donors (Lipinski definition) is 1. The zero-order chi connectivity index (χ0) is 12.7. The summed E-state index contributed by atoms with van der Waals surface area (Å²) in [5.74, 6) is -0.210. The van der Waals surface area contributed by atoms with Crippen molar-refractivity contribution in [2.24, 2.45) is 0 Å². The lowest BCUT2D eigenvalue weighted by atomic mass is 10.2. The van der Waals surface area contributed by atoms with Crippen molar-refractivity contribution in [2.75, 3.05) is 20.3 Å². The van der Waals surface area contributed by atoms with Crippen LogP contribution in [0.5, 0.6) is 0 Å². The van der Waals surface area contributed by atoms with Crippen molar-refractivity contribution in [3.8, 4) is 0 Å². The summed E-state index contributed by atoms with van der Waals surface area (Å²) in [6, 6.07) is 5.19. The van der Waals surface area contributed by atoms with Gasteiger partial charge in [0.1, 0.15) is 0 Å². The molecule has 0 spiro atoms. The van der Waals surface area contributed by atoms with Crippen molar-refractivity contribution in [2.45, 2.75) is 0 Å². The normalized spacial score (nSPS) is 10.8. The Morgan fingerprint density at radius 3 is 2.65 bits per heavy atom. The second-order valence-electron chi connectivity index (χ2n) is 3.25. The number of hydrogen-bond acceptors (Lipinski definition) is 2. The van der Waals surface area contributed by atoms with E-state index in [1.165, 1.54) is 6.08 Å². The number of amides is 1. The second-order valence-corrected chi connectivity index (χ2v) is 4.07. The van der Waals surface area contributed by atoms with E-state index >= 15 is 0 Å². The summed E-state index contributed by atoms with van der Waals surface area (Å²) in [7, 11) is 1.57. The van der Waals surface area contributed by atoms with Crippen LogP contribution in [0.15, 0.2) is 24.3 Å². The minimum Gasteiger partial charge on any atom is -0.383 e. The number of halogens is 2. The van der Waals surface area contributed by atoms with Crippen LogP contribution >= 0.6 is 23.2 Å². The first-order chi connectivity index (χ1) is 8.15. The monoisotopic (exact) mass is 273 g/mol. The predicted octanol–water partition coefficient (Wildman–Crippen LogP) is 2.77. The maximum absolute atomic E-state index is 11.4. The quantitative estimate of drug-likeness (QED) is 0.662. The molecule has 0 aliphatic carbocycles. The van der Waals surface area contributed by atoms with Crippen LogP contribution in [0.3, 0.4) is 0 Å². The van der Waals surface area contributed by atoms with Gasteiger partial charge in [-0.25, -0.2) is 0 Å². The molecule has 1 aromatic rings. The molecule has 0 aliphatic rings. The lowest BCUT2D eigenvalue weighted by Crippen LogP contribution is -2.24. The molecule has 0 bridgehead atoms. The van der Waals surface area contributed by atoms with Crippen molar-refractivity contribution in [1.82, 2.24) is 5.32 Å². The molecule has 0 unspecified atom stereocenters. The second kappa shape index (κ2) is 7.33. The zero-order valence-corrected chi connectivity index (χ0v) is 10.9. The van der Waals surface area contributed by atoms with E-state index in [0.717, 1.165) is 0 Å². The number of carbonyl (C=O) groups is 1. The molecule has 0 atom stereocenters. The highest BCUT2D eigenvalue weighted by Crippen LogP contribution is 2.25. The van der Waals surface area contributed by atoms with E-state index in [1.54, 1.807) is 31.4 Å². The van der Waals surface area contributed by atoms with E-state index in [4.69, 9.17) is 27.9 Å². The van der Waals surface area contributed by atoms with E-state index in [0.29, 0.717) is 28.8 Å². The number of rotatable bonds is 5. The first-order valence-electron chi connectivity index (χ1n) is 5.04. The summed E-state index contributed by atoms with van der Waals surface area (Å²) in [5.41, 5.74) is 0.637. The highest BCUT2D eigenvalue weighted by Gasteiger charge is 2.02. The molecule has 0 radical (unpaired) electrons. The summed E-state index contributed by atoms with van der Waals surface area (Å²) < 4.78 is 4.81. The van der Waals surface area contributed by atoms with Gasteiger partial charge in [0.2, 0.25) is 5.91 Å². The predicted molar refractivity (Wildman–Crippen MR) is 70.4 cm³/mol. The van der Waals surface area contributed by atoms with E-state index in [-0.39, 0.29) is 5.91 Å². The maximum Gasteiger partial charge on any atom is 0.244 e. The smallest absolute Gasteiger partial charge is 0.244 e. The lowest BCUT2D eigenvalue weighted by Gasteiger charge is -2.02. The topological polar surface area (TPSA) is 38.3 Å². The molecule has 1 amide bonds. The summed E-state index contributed by atoms with van der Waals surface area (Å²) >= 11 is 11.9. The Bertz CT molecular complexity index is 399. The van der Waals surface area contributed by atoms with E-state index in [2.05, 4.69) is 5.32 Å². The van der Waals surface area contributed by atoms with E-state index in [9.17, 15) is 4.79 Å². The first-order valence-corrected chi connectivity index (χ1v) is 5.79. The number of ether oxygens (including phenoxy) is 1. The van der Waals surface area contributed by atoms with Gasteiger partial charge in [-0.2, -0.15) is 0 Å². The van der Waals surface area contributed by atoms with Crippen LogP contribution in [0.25, 0.3) is 6.08 Å². The average Bonchev–Trinajstić information content (AvgIpc) is 2.29. The molecule has 0 aromatic heterocycles. The van der Waals surface area contributed by atoms with Gasteiger partial charge in [-0.05, 0) is 18.2 Å². The van der Waals surface area contributed by atoms with Crippen LogP contribution in [0.4, 0.5) is 0 Å². The van der Waals surface area contributed by atoms with E-state index in [1.807, 2.05) is 0 Å². The summed E-state index contributed by atoms with van der Waals surface area (Å²) in [6.45, 7) is 0.947. The highest BCUT2D eigenvalue weighted by atomic mass is 35.5. The minimum atomic E-state index is -0.210. The third-order valence-corrected chi connectivity index (χ3v) is 2.67. The number of benzene rings is 1. The highest BCUT2D eigenvalue weighted by molar-refractivity contribution is 6.37. The number of carbonyl (C=O) groups excluding carboxylic acids is 1. The van der Waals surface area contributed by atoms with Crippen molar-refractivity contribution >= 4 is 35.2 Å². The first kappa shape index (κ1) is 14.0. The summed E-state index contributed by atoms with van der Waals surface area (Å²) in [4.78, 5) is 11.4. The minimum absolute atomic E-state index is 0.210. The standard InChI is InChI=1S/C12H13Cl2NO2/c1-17-8-7-15-12(16)6-5-9-10(13)3-2-4-11(9)14/h2-6H,7-8H2,1H3,(H,15,16).